The van der Waals surface area contributed by atoms with Crippen molar-refractivity contribution < 1.29 is 9.53 Å². The number of para-hydroxylation sites is 1. The predicted octanol–water partition coefficient (Wildman–Crippen LogP) is 2.16. The molecule has 7 nitrogen and oxygen atoms in total. The summed E-state index contributed by atoms with van der Waals surface area (Å²) >= 11 is 0. The van der Waals surface area contributed by atoms with Gasteiger partial charge >= 0.3 is 0 Å². The zero-order valence-electron chi connectivity index (χ0n) is 16.1. The number of H-pyrrole nitrogens is 1. The van der Waals surface area contributed by atoms with E-state index in [9.17, 15) is 4.79 Å². The smallest absolute Gasteiger partial charge is 0.274 e. The van der Waals surface area contributed by atoms with E-state index in [1.165, 1.54) is 22.2 Å². The minimum absolute atomic E-state index is 0.0169. The van der Waals surface area contributed by atoms with Crippen LogP contribution < -0.4 is 0 Å². The Kier molecular flexibility index (Phi) is 4.41. The lowest BCUT2D eigenvalue weighted by Gasteiger charge is -2.27. The first-order chi connectivity index (χ1) is 13.7. The van der Waals surface area contributed by atoms with Crippen molar-refractivity contribution in [1.29, 1.82) is 0 Å². The van der Waals surface area contributed by atoms with Gasteiger partial charge in [0.15, 0.2) is 5.69 Å². The molecular formula is C21H25N5O2. The topological polar surface area (TPSA) is 66.4 Å². The predicted molar refractivity (Wildman–Crippen MR) is 106 cm³/mol. The average molecular weight is 379 g/mol. The fourth-order valence-electron chi connectivity index (χ4n) is 4.21. The number of benzene rings is 1. The number of fused-ring (bicyclic) bond motifs is 2. The quantitative estimate of drug-likeness (QED) is 0.757. The molecule has 1 saturated heterocycles. The number of amides is 1. The molecule has 2 aliphatic rings. The lowest BCUT2D eigenvalue weighted by molar-refractivity contribution is 0.0298. The van der Waals surface area contributed by atoms with Gasteiger partial charge in [0.05, 0.1) is 25.5 Å². The molecule has 0 atom stereocenters. The summed E-state index contributed by atoms with van der Waals surface area (Å²) in [4.78, 5) is 20.5. The third-order valence-electron chi connectivity index (χ3n) is 5.85. The maximum atomic E-state index is 12.7. The molecule has 0 bridgehead atoms. The van der Waals surface area contributed by atoms with E-state index in [0.717, 1.165) is 31.9 Å². The molecule has 1 fully saturated rings. The fraction of sp³-hybridized carbons (Fsp3) is 0.429. The van der Waals surface area contributed by atoms with E-state index in [2.05, 4.69) is 46.2 Å². The summed E-state index contributed by atoms with van der Waals surface area (Å²) in [7, 11) is 0. The fourth-order valence-corrected chi connectivity index (χ4v) is 4.21. The highest BCUT2D eigenvalue weighted by Gasteiger charge is 2.25. The minimum atomic E-state index is 0.0169. The summed E-state index contributed by atoms with van der Waals surface area (Å²) in [6.45, 7) is 8.10. The molecule has 0 radical (unpaired) electrons. The van der Waals surface area contributed by atoms with E-state index < -0.39 is 0 Å². The van der Waals surface area contributed by atoms with Crippen LogP contribution in [0, 0.1) is 6.92 Å². The van der Waals surface area contributed by atoms with Crippen molar-refractivity contribution in [2.24, 2.45) is 0 Å². The van der Waals surface area contributed by atoms with Crippen LogP contribution in [0.15, 0.2) is 30.3 Å². The molecule has 1 aromatic carbocycles. The molecule has 2 aromatic heterocycles. The SMILES string of the molecule is Cc1c(CN2CCn3nc(C(=O)N4CCOCC4)cc3C2)[nH]c2ccccc12. The van der Waals surface area contributed by atoms with Gasteiger partial charge in [-0.1, -0.05) is 18.2 Å². The Hall–Kier alpha value is -2.64. The molecule has 28 heavy (non-hydrogen) atoms. The number of rotatable bonds is 3. The summed E-state index contributed by atoms with van der Waals surface area (Å²) < 4.78 is 7.33. The summed E-state index contributed by atoms with van der Waals surface area (Å²) in [6.07, 6.45) is 0. The van der Waals surface area contributed by atoms with Gasteiger partial charge in [-0.05, 0) is 24.6 Å². The number of nitrogens with one attached hydrogen (secondary N) is 1. The lowest BCUT2D eigenvalue weighted by Crippen LogP contribution is -2.40. The van der Waals surface area contributed by atoms with Gasteiger partial charge < -0.3 is 14.6 Å². The van der Waals surface area contributed by atoms with Crippen LogP contribution in [-0.2, 0) is 24.4 Å². The van der Waals surface area contributed by atoms with Gasteiger partial charge in [0, 0.05) is 49.3 Å². The second kappa shape index (κ2) is 7.07. The summed E-state index contributed by atoms with van der Waals surface area (Å²) in [5.41, 5.74) is 5.43. The van der Waals surface area contributed by atoms with Crippen molar-refractivity contribution in [2.75, 3.05) is 32.8 Å². The maximum absolute atomic E-state index is 12.7. The number of carbonyl (C=O) groups excluding carboxylic acids is 1. The number of ether oxygens (including phenoxy) is 1. The number of hydrogen-bond acceptors (Lipinski definition) is 4. The number of aromatic nitrogens is 3. The minimum Gasteiger partial charge on any atom is -0.378 e. The van der Waals surface area contributed by atoms with Gasteiger partial charge in [-0.3, -0.25) is 14.4 Å². The highest BCUT2D eigenvalue weighted by molar-refractivity contribution is 5.92. The van der Waals surface area contributed by atoms with Crippen LogP contribution in [0.3, 0.4) is 0 Å². The van der Waals surface area contributed by atoms with Crippen LogP contribution in [0.5, 0.6) is 0 Å². The van der Waals surface area contributed by atoms with Crippen molar-refractivity contribution in [2.45, 2.75) is 26.6 Å². The first-order valence-electron chi connectivity index (χ1n) is 9.91. The molecule has 146 valence electrons. The van der Waals surface area contributed by atoms with Crippen molar-refractivity contribution in [3.8, 4) is 0 Å². The Labute approximate surface area is 163 Å². The Morgan fingerprint density at radius 2 is 2.00 bits per heavy atom. The van der Waals surface area contributed by atoms with E-state index in [-0.39, 0.29) is 5.91 Å². The number of aromatic amines is 1. The summed E-state index contributed by atoms with van der Waals surface area (Å²) in [6, 6.07) is 10.4. The third kappa shape index (κ3) is 3.10. The summed E-state index contributed by atoms with van der Waals surface area (Å²) in [5.74, 6) is 0.0169. The monoisotopic (exact) mass is 379 g/mol. The first-order valence-corrected chi connectivity index (χ1v) is 9.91. The standard InChI is InChI=1S/C21H25N5O2/c1-15-17-4-2-3-5-18(17)22-20(15)14-24-6-7-26-16(13-24)12-19(23-26)21(27)25-8-10-28-11-9-25/h2-5,12,22H,6-11,13-14H2,1H3. The van der Waals surface area contributed by atoms with E-state index in [0.29, 0.717) is 32.0 Å². The zero-order chi connectivity index (χ0) is 19.1. The molecule has 3 aromatic rings. The van der Waals surface area contributed by atoms with Gasteiger partial charge in [0.1, 0.15) is 0 Å². The molecule has 1 amide bonds. The van der Waals surface area contributed by atoms with Gasteiger partial charge in [-0.15, -0.1) is 0 Å². The van der Waals surface area contributed by atoms with Gasteiger partial charge in [-0.2, -0.15) is 5.10 Å². The molecule has 7 heteroatoms. The Balaban J connectivity index is 1.31. The maximum Gasteiger partial charge on any atom is 0.274 e. The lowest BCUT2D eigenvalue weighted by atomic mass is 10.1. The number of aryl methyl sites for hydroxylation is 1. The third-order valence-corrected chi connectivity index (χ3v) is 5.85. The van der Waals surface area contributed by atoms with Crippen LogP contribution in [0.4, 0.5) is 0 Å². The second-order valence-electron chi connectivity index (χ2n) is 7.63. The second-order valence-corrected chi connectivity index (χ2v) is 7.63. The van der Waals surface area contributed by atoms with Crippen molar-refractivity contribution in [3.63, 3.8) is 0 Å². The van der Waals surface area contributed by atoms with Gasteiger partial charge in [-0.25, -0.2) is 0 Å². The van der Waals surface area contributed by atoms with E-state index in [1.807, 2.05) is 15.6 Å². The van der Waals surface area contributed by atoms with Crippen LogP contribution in [0.25, 0.3) is 10.9 Å². The van der Waals surface area contributed by atoms with Crippen molar-refractivity contribution in [3.05, 3.63) is 53.0 Å². The molecule has 0 saturated carbocycles. The molecule has 2 aliphatic heterocycles. The van der Waals surface area contributed by atoms with E-state index in [1.54, 1.807) is 0 Å². The van der Waals surface area contributed by atoms with Crippen molar-refractivity contribution >= 4 is 16.8 Å². The molecule has 4 heterocycles. The van der Waals surface area contributed by atoms with Crippen LogP contribution in [-0.4, -0.2) is 63.3 Å². The summed E-state index contributed by atoms with van der Waals surface area (Å²) in [5, 5.41) is 5.86. The molecule has 0 aliphatic carbocycles. The number of hydrogen-bond donors (Lipinski definition) is 1. The van der Waals surface area contributed by atoms with Crippen LogP contribution >= 0.6 is 0 Å². The Morgan fingerprint density at radius 3 is 2.82 bits per heavy atom. The number of nitrogens with zero attached hydrogens (tertiary/aromatic N) is 4. The zero-order valence-corrected chi connectivity index (χ0v) is 16.1. The molecule has 5 rings (SSSR count). The average Bonchev–Trinajstić information content (AvgIpc) is 3.29. The molecule has 1 N–H and O–H groups in total. The Bertz CT molecular complexity index is 1020. The van der Waals surface area contributed by atoms with E-state index >= 15 is 0 Å². The van der Waals surface area contributed by atoms with Gasteiger partial charge in [0.25, 0.3) is 5.91 Å². The van der Waals surface area contributed by atoms with Crippen LogP contribution in [0.1, 0.15) is 27.4 Å². The first kappa shape index (κ1) is 17.5. The molecule has 0 spiro atoms. The highest BCUT2D eigenvalue weighted by Crippen LogP contribution is 2.24. The van der Waals surface area contributed by atoms with Crippen molar-refractivity contribution in [1.82, 2.24) is 24.6 Å². The molecule has 0 unspecified atom stereocenters. The normalized spacial score (nSPS) is 17.8. The molecular weight excluding hydrogens is 354 g/mol. The number of carbonyl (C=O) groups is 1. The highest BCUT2D eigenvalue weighted by atomic mass is 16.5. The van der Waals surface area contributed by atoms with E-state index in [4.69, 9.17) is 4.74 Å². The largest absolute Gasteiger partial charge is 0.378 e. The van der Waals surface area contributed by atoms with Gasteiger partial charge in [0.2, 0.25) is 0 Å². The Morgan fingerprint density at radius 1 is 1.18 bits per heavy atom. The number of morpholine rings is 1. The van der Waals surface area contributed by atoms with Crippen LogP contribution in [0.2, 0.25) is 0 Å².